The molecular formula is C21H21N5O2S. The summed E-state index contributed by atoms with van der Waals surface area (Å²) < 4.78 is 6.32. The third kappa shape index (κ3) is 3.67. The molecule has 7 nitrogen and oxygen atoms in total. The standard InChI is InChI=1S/C21H21N5O2S/c1-4-8-17(27)26-16-12-6-5-10-14(16)18-19(23-21(29-3)25-24-18)28-20(26)15-11-7-9-13(2)22-15/h5-7,9-12,20H,4,8H2,1-3H3/t20-/m0/s1. The van der Waals surface area contributed by atoms with Crippen LogP contribution in [0, 0.1) is 6.92 Å². The molecule has 0 saturated carbocycles. The molecule has 0 N–H and O–H groups in total. The quantitative estimate of drug-likeness (QED) is 0.600. The smallest absolute Gasteiger partial charge is 0.247 e. The van der Waals surface area contributed by atoms with Gasteiger partial charge in [0.15, 0.2) is 5.69 Å². The van der Waals surface area contributed by atoms with E-state index in [0.29, 0.717) is 34.5 Å². The van der Waals surface area contributed by atoms with E-state index in [-0.39, 0.29) is 5.91 Å². The number of fused-ring (bicyclic) bond motifs is 3. The molecule has 1 amide bonds. The van der Waals surface area contributed by atoms with Gasteiger partial charge in [-0.25, -0.2) is 0 Å². The number of hydrogen-bond donors (Lipinski definition) is 0. The van der Waals surface area contributed by atoms with E-state index >= 15 is 0 Å². The van der Waals surface area contributed by atoms with Crippen molar-refractivity contribution in [2.75, 3.05) is 11.2 Å². The third-order valence-electron chi connectivity index (χ3n) is 4.59. The number of nitrogens with zero attached hydrogens (tertiary/aromatic N) is 5. The maximum atomic E-state index is 13.2. The highest BCUT2D eigenvalue weighted by Crippen LogP contribution is 2.43. The van der Waals surface area contributed by atoms with Crippen LogP contribution in [0.4, 0.5) is 5.69 Å². The van der Waals surface area contributed by atoms with Crippen molar-refractivity contribution in [2.45, 2.75) is 38.1 Å². The molecule has 0 spiro atoms. The lowest BCUT2D eigenvalue weighted by Crippen LogP contribution is -2.38. The van der Waals surface area contributed by atoms with Gasteiger partial charge in [-0.1, -0.05) is 43.0 Å². The van der Waals surface area contributed by atoms with Crippen LogP contribution in [0.15, 0.2) is 47.6 Å². The van der Waals surface area contributed by atoms with E-state index in [4.69, 9.17) is 4.74 Å². The number of aromatic nitrogens is 4. The summed E-state index contributed by atoms with van der Waals surface area (Å²) in [6, 6.07) is 13.3. The molecule has 148 valence electrons. The summed E-state index contributed by atoms with van der Waals surface area (Å²) in [5.74, 6) is 0.302. The zero-order valence-electron chi connectivity index (χ0n) is 16.5. The van der Waals surface area contributed by atoms with Crippen LogP contribution in [0.3, 0.4) is 0 Å². The number of carbonyl (C=O) groups is 1. The second kappa shape index (κ2) is 8.16. The summed E-state index contributed by atoms with van der Waals surface area (Å²) in [6.45, 7) is 3.89. The van der Waals surface area contributed by atoms with Gasteiger partial charge in [-0.05, 0) is 37.8 Å². The van der Waals surface area contributed by atoms with Crippen molar-refractivity contribution in [3.8, 4) is 17.1 Å². The number of hydrogen-bond acceptors (Lipinski definition) is 7. The average Bonchev–Trinajstić information content (AvgIpc) is 2.88. The van der Waals surface area contributed by atoms with Gasteiger partial charge in [0.2, 0.25) is 23.2 Å². The minimum Gasteiger partial charge on any atom is -0.445 e. The lowest BCUT2D eigenvalue weighted by atomic mass is 10.1. The van der Waals surface area contributed by atoms with Crippen LogP contribution in [0.2, 0.25) is 0 Å². The van der Waals surface area contributed by atoms with Gasteiger partial charge in [0.25, 0.3) is 0 Å². The van der Waals surface area contributed by atoms with Gasteiger partial charge >= 0.3 is 0 Å². The summed E-state index contributed by atoms with van der Waals surface area (Å²) >= 11 is 1.38. The molecule has 1 aliphatic heterocycles. The van der Waals surface area contributed by atoms with Gasteiger partial charge in [-0.15, -0.1) is 10.2 Å². The van der Waals surface area contributed by atoms with E-state index < -0.39 is 6.23 Å². The predicted octanol–water partition coefficient (Wildman–Crippen LogP) is 4.19. The third-order valence-corrected chi connectivity index (χ3v) is 5.13. The molecule has 3 heterocycles. The molecule has 4 rings (SSSR count). The summed E-state index contributed by atoms with van der Waals surface area (Å²) in [6.07, 6.45) is 2.26. The van der Waals surface area contributed by atoms with Gasteiger partial charge in [0.05, 0.1) is 5.69 Å². The number of aryl methyl sites for hydroxylation is 1. The lowest BCUT2D eigenvalue weighted by Gasteiger charge is -2.30. The van der Waals surface area contributed by atoms with Crippen molar-refractivity contribution in [1.82, 2.24) is 20.2 Å². The molecule has 29 heavy (non-hydrogen) atoms. The number of benzene rings is 1. The number of ether oxygens (including phenoxy) is 1. The average molecular weight is 407 g/mol. The number of amides is 1. The Hall–Kier alpha value is -3.00. The normalized spacial score (nSPS) is 15.1. The van der Waals surface area contributed by atoms with Crippen LogP contribution in [0.5, 0.6) is 5.88 Å². The topological polar surface area (TPSA) is 81.1 Å². The summed E-state index contributed by atoms with van der Waals surface area (Å²) in [4.78, 5) is 24.0. The van der Waals surface area contributed by atoms with Gasteiger partial charge in [-0.3, -0.25) is 14.7 Å². The van der Waals surface area contributed by atoms with E-state index in [9.17, 15) is 4.79 Å². The fraction of sp³-hybridized carbons (Fsp3) is 0.286. The molecule has 0 saturated heterocycles. The zero-order chi connectivity index (χ0) is 20.4. The Labute approximate surface area is 173 Å². The van der Waals surface area contributed by atoms with Crippen LogP contribution in [-0.4, -0.2) is 32.3 Å². The summed E-state index contributed by atoms with van der Waals surface area (Å²) in [7, 11) is 0. The Balaban J connectivity index is 1.96. The Morgan fingerprint density at radius 2 is 1.97 bits per heavy atom. The molecule has 1 atom stereocenters. The molecule has 0 fully saturated rings. The fourth-order valence-electron chi connectivity index (χ4n) is 3.30. The second-order valence-corrected chi connectivity index (χ2v) is 7.43. The molecule has 3 aromatic rings. The molecule has 8 heteroatoms. The van der Waals surface area contributed by atoms with Crippen molar-refractivity contribution < 1.29 is 9.53 Å². The van der Waals surface area contributed by atoms with Gasteiger partial charge in [0, 0.05) is 17.7 Å². The van der Waals surface area contributed by atoms with Gasteiger partial charge in [-0.2, -0.15) is 4.98 Å². The molecule has 1 aliphatic rings. The second-order valence-electron chi connectivity index (χ2n) is 6.66. The first kappa shape index (κ1) is 19.3. The van der Waals surface area contributed by atoms with Gasteiger partial charge in [0.1, 0.15) is 5.69 Å². The molecule has 2 aromatic heterocycles. The zero-order valence-corrected chi connectivity index (χ0v) is 17.3. The van der Waals surface area contributed by atoms with Crippen LogP contribution >= 0.6 is 11.8 Å². The molecule has 0 aliphatic carbocycles. The maximum Gasteiger partial charge on any atom is 0.247 e. The van der Waals surface area contributed by atoms with Gasteiger partial charge < -0.3 is 4.74 Å². The minimum atomic E-state index is -0.747. The predicted molar refractivity (Wildman–Crippen MR) is 112 cm³/mol. The van der Waals surface area contributed by atoms with E-state index in [1.807, 2.05) is 62.6 Å². The van der Waals surface area contributed by atoms with E-state index in [2.05, 4.69) is 20.2 Å². The minimum absolute atomic E-state index is 0.0425. The Morgan fingerprint density at radius 3 is 2.72 bits per heavy atom. The number of anilines is 1. The van der Waals surface area contributed by atoms with E-state index in [0.717, 1.165) is 17.7 Å². The number of rotatable bonds is 4. The van der Waals surface area contributed by atoms with E-state index in [1.165, 1.54) is 11.8 Å². The van der Waals surface area contributed by atoms with Crippen molar-refractivity contribution in [2.24, 2.45) is 0 Å². The first-order valence-electron chi connectivity index (χ1n) is 9.42. The van der Waals surface area contributed by atoms with Crippen molar-refractivity contribution in [3.05, 3.63) is 53.9 Å². The van der Waals surface area contributed by atoms with Crippen molar-refractivity contribution in [1.29, 1.82) is 0 Å². The summed E-state index contributed by atoms with van der Waals surface area (Å²) in [5, 5.41) is 9.04. The molecule has 0 bridgehead atoms. The number of pyridine rings is 1. The highest BCUT2D eigenvalue weighted by atomic mass is 32.2. The molecule has 1 aromatic carbocycles. The molecular weight excluding hydrogens is 386 g/mol. The van der Waals surface area contributed by atoms with Crippen LogP contribution in [0.25, 0.3) is 11.3 Å². The number of para-hydroxylation sites is 1. The Bertz CT molecular complexity index is 1060. The van der Waals surface area contributed by atoms with E-state index in [1.54, 1.807) is 4.90 Å². The first-order chi connectivity index (χ1) is 14.1. The Kier molecular flexibility index (Phi) is 5.44. The summed E-state index contributed by atoms with van der Waals surface area (Å²) in [5.41, 5.74) is 3.47. The van der Waals surface area contributed by atoms with Crippen LogP contribution in [-0.2, 0) is 4.79 Å². The largest absolute Gasteiger partial charge is 0.445 e. The van der Waals surface area contributed by atoms with Crippen LogP contribution in [0.1, 0.15) is 37.4 Å². The maximum absolute atomic E-state index is 13.2. The lowest BCUT2D eigenvalue weighted by molar-refractivity contribution is -0.120. The first-order valence-corrected chi connectivity index (χ1v) is 10.6. The fourth-order valence-corrected chi connectivity index (χ4v) is 3.59. The van der Waals surface area contributed by atoms with Crippen molar-refractivity contribution in [3.63, 3.8) is 0 Å². The van der Waals surface area contributed by atoms with Crippen LogP contribution < -0.4 is 9.64 Å². The SMILES string of the molecule is CCCC(=O)N1c2ccccc2-c2nnc(SC)nc2O[C@H]1c1cccc(C)n1. The Morgan fingerprint density at radius 1 is 1.14 bits per heavy atom. The number of carbonyl (C=O) groups excluding carboxylic acids is 1. The molecule has 0 unspecified atom stereocenters. The van der Waals surface area contributed by atoms with Crippen molar-refractivity contribution >= 4 is 23.4 Å². The molecule has 0 radical (unpaired) electrons. The number of thioether (sulfide) groups is 1. The highest BCUT2D eigenvalue weighted by Gasteiger charge is 2.36. The monoisotopic (exact) mass is 407 g/mol. The highest BCUT2D eigenvalue weighted by molar-refractivity contribution is 7.98.